The normalized spacial score (nSPS) is 13.8. The smallest absolute Gasteiger partial charge is 0.321 e. The van der Waals surface area contributed by atoms with Crippen LogP contribution in [0.4, 0.5) is 16.2 Å². The van der Waals surface area contributed by atoms with Gasteiger partial charge in [0.15, 0.2) is 0 Å². The van der Waals surface area contributed by atoms with Crippen molar-refractivity contribution in [2.45, 2.75) is 0 Å². The Bertz CT molecular complexity index is 951. The Labute approximate surface area is 145 Å². The lowest BCUT2D eigenvalue weighted by Crippen LogP contribution is -2.27. The van der Waals surface area contributed by atoms with Crippen molar-refractivity contribution in [3.63, 3.8) is 0 Å². The van der Waals surface area contributed by atoms with E-state index in [1.807, 2.05) is 54.6 Å². The van der Waals surface area contributed by atoms with E-state index in [2.05, 4.69) is 10.6 Å². The fourth-order valence-electron chi connectivity index (χ4n) is 2.98. The summed E-state index contributed by atoms with van der Waals surface area (Å²) in [6.45, 7) is 1.31. The van der Waals surface area contributed by atoms with Gasteiger partial charge >= 0.3 is 6.03 Å². The van der Waals surface area contributed by atoms with Crippen LogP contribution in [-0.4, -0.2) is 25.0 Å². The fraction of sp³-hybridized carbons (Fsp3) is 0.100. The van der Waals surface area contributed by atoms with E-state index in [1.54, 1.807) is 17.0 Å². The Balaban J connectivity index is 1.50. The minimum Gasteiger partial charge on any atom is -0.336 e. The van der Waals surface area contributed by atoms with Crippen molar-refractivity contribution in [2.75, 3.05) is 23.3 Å². The summed E-state index contributed by atoms with van der Waals surface area (Å²) in [7, 11) is 0. The number of urea groups is 1. The number of rotatable bonds is 3. The highest BCUT2D eigenvalue weighted by atomic mass is 16.2. The number of nitrogens with one attached hydrogen (secondary N) is 2. The molecule has 0 aliphatic carbocycles. The highest BCUT2D eigenvalue weighted by Crippen LogP contribution is 2.21. The largest absolute Gasteiger partial charge is 0.336 e. The van der Waals surface area contributed by atoms with Gasteiger partial charge in [0.2, 0.25) is 0 Å². The molecule has 3 aromatic rings. The van der Waals surface area contributed by atoms with Crippen LogP contribution >= 0.6 is 0 Å². The maximum Gasteiger partial charge on any atom is 0.321 e. The molecule has 5 heteroatoms. The van der Waals surface area contributed by atoms with Crippen LogP contribution in [0.15, 0.2) is 66.7 Å². The molecule has 1 aliphatic rings. The molecule has 2 N–H and O–H groups in total. The molecule has 0 atom stereocenters. The molecule has 0 aromatic heterocycles. The predicted molar refractivity (Wildman–Crippen MR) is 99.1 cm³/mol. The number of hydrogen-bond acceptors (Lipinski definition) is 2. The van der Waals surface area contributed by atoms with Crippen LogP contribution in [0.2, 0.25) is 0 Å². The van der Waals surface area contributed by atoms with Gasteiger partial charge in [-0.05, 0) is 47.2 Å². The van der Waals surface area contributed by atoms with Gasteiger partial charge in [0.05, 0.1) is 0 Å². The monoisotopic (exact) mass is 331 g/mol. The van der Waals surface area contributed by atoms with Crippen molar-refractivity contribution in [2.24, 2.45) is 0 Å². The van der Waals surface area contributed by atoms with Crippen LogP contribution in [0, 0.1) is 0 Å². The van der Waals surface area contributed by atoms with E-state index in [-0.39, 0.29) is 11.9 Å². The number of nitrogens with zero attached hydrogens (tertiary/aromatic N) is 1. The van der Waals surface area contributed by atoms with Crippen LogP contribution < -0.4 is 15.5 Å². The van der Waals surface area contributed by atoms with Gasteiger partial charge in [-0.25, -0.2) is 4.79 Å². The molecule has 1 heterocycles. The van der Waals surface area contributed by atoms with E-state index in [1.165, 1.54) is 0 Å². The molecule has 5 nitrogen and oxygen atoms in total. The van der Waals surface area contributed by atoms with Crippen LogP contribution in [-0.2, 0) is 0 Å². The van der Waals surface area contributed by atoms with Crippen molar-refractivity contribution < 1.29 is 9.59 Å². The van der Waals surface area contributed by atoms with Gasteiger partial charge in [0.1, 0.15) is 0 Å². The lowest BCUT2D eigenvalue weighted by Gasteiger charge is -2.14. The second kappa shape index (κ2) is 6.28. The second-order valence-electron chi connectivity index (χ2n) is 5.95. The summed E-state index contributed by atoms with van der Waals surface area (Å²) in [6.07, 6.45) is 0. The van der Waals surface area contributed by atoms with E-state index in [9.17, 15) is 9.59 Å². The van der Waals surface area contributed by atoms with E-state index in [0.717, 1.165) is 16.5 Å². The summed E-state index contributed by atoms with van der Waals surface area (Å²) in [5.74, 6) is -0.155. The van der Waals surface area contributed by atoms with Gasteiger partial charge in [-0.1, -0.05) is 30.3 Å². The number of amides is 3. The molecule has 0 unspecified atom stereocenters. The molecule has 25 heavy (non-hydrogen) atoms. The molecule has 0 saturated carbocycles. The van der Waals surface area contributed by atoms with Crippen molar-refractivity contribution in [3.8, 4) is 0 Å². The Hall–Kier alpha value is -3.34. The third-order valence-electron chi connectivity index (χ3n) is 4.31. The van der Waals surface area contributed by atoms with Gasteiger partial charge in [0.25, 0.3) is 5.91 Å². The number of hydrogen-bond donors (Lipinski definition) is 2. The predicted octanol–water partition coefficient (Wildman–Crippen LogP) is 3.62. The van der Waals surface area contributed by atoms with Crippen LogP contribution in [0.25, 0.3) is 10.8 Å². The first kappa shape index (κ1) is 15.2. The molecule has 1 aliphatic heterocycles. The van der Waals surface area contributed by atoms with E-state index >= 15 is 0 Å². The van der Waals surface area contributed by atoms with Gasteiger partial charge < -0.3 is 10.6 Å². The quantitative estimate of drug-likeness (QED) is 0.770. The van der Waals surface area contributed by atoms with Gasteiger partial charge in [-0.2, -0.15) is 0 Å². The fourth-order valence-corrected chi connectivity index (χ4v) is 2.98. The SMILES string of the molecule is O=C(Nc1ccc(N2CCNC2=O)cc1)c1ccc2ccccc2c1. The second-order valence-corrected chi connectivity index (χ2v) is 5.95. The van der Waals surface area contributed by atoms with Crippen molar-refractivity contribution >= 4 is 34.1 Å². The Morgan fingerprint density at radius 3 is 2.44 bits per heavy atom. The molecule has 0 spiro atoms. The van der Waals surface area contributed by atoms with E-state index < -0.39 is 0 Å². The molecule has 1 fully saturated rings. The maximum absolute atomic E-state index is 12.5. The first-order valence-corrected chi connectivity index (χ1v) is 8.16. The van der Waals surface area contributed by atoms with Crippen molar-refractivity contribution in [3.05, 3.63) is 72.3 Å². The molecule has 4 rings (SSSR count). The van der Waals surface area contributed by atoms with Crippen molar-refractivity contribution in [1.29, 1.82) is 0 Å². The lowest BCUT2D eigenvalue weighted by atomic mass is 10.1. The van der Waals surface area contributed by atoms with Crippen LogP contribution in [0.1, 0.15) is 10.4 Å². The summed E-state index contributed by atoms with van der Waals surface area (Å²) in [5.41, 5.74) is 2.13. The summed E-state index contributed by atoms with van der Waals surface area (Å²) < 4.78 is 0. The Morgan fingerprint density at radius 1 is 0.960 bits per heavy atom. The summed E-state index contributed by atoms with van der Waals surface area (Å²) in [4.78, 5) is 25.8. The maximum atomic E-state index is 12.5. The number of benzene rings is 3. The summed E-state index contributed by atoms with van der Waals surface area (Å²) >= 11 is 0. The number of carbonyl (C=O) groups excluding carboxylic acids is 2. The molecule has 3 aromatic carbocycles. The summed E-state index contributed by atoms with van der Waals surface area (Å²) in [5, 5.41) is 7.80. The first-order chi connectivity index (χ1) is 12.2. The molecule has 124 valence electrons. The average Bonchev–Trinajstić information content (AvgIpc) is 3.08. The highest BCUT2D eigenvalue weighted by Gasteiger charge is 2.20. The topological polar surface area (TPSA) is 61.4 Å². The van der Waals surface area contributed by atoms with Crippen LogP contribution in [0.5, 0.6) is 0 Å². The number of carbonyl (C=O) groups is 2. The van der Waals surface area contributed by atoms with Gasteiger partial charge in [-0.15, -0.1) is 0 Å². The zero-order valence-electron chi connectivity index (χ0n) is 13.5. The van der Waals surface area contributed by atoms with Crippen LogP contribution in [0.3, 0.4) is 0 Å². The molecule has 1 saturated heterocycles. The third kappa shape index (κ3) is 3.04. The molecular weight excluding hydrogens is 314 g/mol. The van der Waals surface area contributed by atoms with Gasteiger partial charge in [-0.3, -0.25) is 9.69 Å². The minimum atomic E-state index is -0.155. The average molecular weight is 331 g/mol. The first-order valence-electron chi connectivity index (χ1n) is 8.16. The number of fused-ring (bicyclic) bond motifs is 1. The highest BCUT2D eigenvalue weighted by molar-refractivity contribution is 6.06. The Morgan fingerprint density at radius 2 is 1.72 bits per heavy atom. The Kier molecular flexibility index (Phi) is 3.82. The lowest BCUT2D eigenvalue weighted by molar-refractivity contribution is 0.102. The standard InChI is InChI=1S/C20H17N3O2/c24-19(16-6-5-14-3-1-2-4-15(14)13-16)22-17-7-9-18(10-8-17)23-12-11-21-20(23)25/h1-10,13H,11-12H2,(H,21,25)(H,22,24). The van der Waals surface area contributed by atoms with E-state index in [0.29, 0.717) is 24.3 Å². The van der Waals surface area contributed by atoms with Crippen molar-refractivity contribution in [1.82, 2.24) is 5.32 Å². The summed E-state index contributed by atoms with van der Waals surface area (Å²) in [6, 6.07) is 20.8. The number of anilines is 2. The molecule has 3 amide bonds. The molecule has 0 radical (unpaired) electrons. The van der Waals surface area contributed by atoms with Gasteiger partial charge in [0, 0.05) is 30.0 Å². The third-order valence-corrected chi connectivity index (χ3v) is 4.31. The zero-order chi connectivity index (χ0) is 17.2. The minimum absolute atomic E-state index is 0.0899. The molecule has 0 bridgehead atoms. The molecular formula is C20H17N3O2. The van der Waals surface area contributed by atoms with E-state index in [4.69, 9.17) is 0 Å². The zero-order valence-corrected chi connectivity index (χ0v) is 13.5.